The van der Waals surface area contributed by atoms with E-state index in [9.17, 15) is 0 Å². The molecule has 0 radical (unpaired) electrons. The first-order valence-corrected chi connectivity index (χ1v) is 7.95. The summed E-state index contributed by atoms with van der Waals surface area (Å²) in [6.07, 6.45) is 5.88. The van der Waals surface area contributed by atoms with E-state index in [1.54, 1.807) is 6.20 Å². The van der Waals surface area contributed by atoms with Crippen molar-refractivity contribution in [2.75, 3.05) is 32.8 Å². The van der Waals surface area contributed by atoms with E-state index in [2.05, 4.69) is 44.2 Å². The van der Waals surface area contributed by atoms with Crippen molar-refractivity contribution in [3.63, 3.8) is 0 Å². The van der Waals surface area contributed by atoms with E-state index in [0.29, 0.717) is 0 Å². The van der Waals surface area contributed by atoms with E-state index < -0.39 is 0 Å². The summed E-state index contributed by atoms with van der Waals surface area (Å²) < 4.78 is 7.73. The number of hydrogen-bond donors (Lipinski definition) is 1. The lowest BCUT2D eigenvalue weighted by Gasteiger charge is -2.27. The highest BCUT2D eigenvalue weighted by Crippen LogP contribution is 2.05. The van der Waals surface area contributed by atoms with Crippen LogP contribution in [0, 0.1) is 0 Å². The van der Waals surface area contributed by atoms with Crippen LogP contribution >= 0.6 is 0 Å². The van der Waals surface area contributed by atoms with Crippen molar-refractivity contribution < 1.29 is 4.74 Å². The SMILES string of the molecule is c1cncc(CNCc2cccn2CCN2CCOCC2)c1. The monoisotopic (exact) mass is 300 g/mol. The van der Waals surface area contributed by atoms with Gasteiger partial charge in [-0.1, -0.05) is 6.07 Å². The Balaban J connectivity index is 1.45. The largest absolute Gasteiger partial charge is 0.379 e. The Morgan fingerprint density at radius 2 is 2.00 bits per heavy atom. The molecule has 3 rings (SSSR count). The summed E-state index contributed by atoms with van der Waals surface area (Å²) in [5, 5.41) is 3.49. The van der Waals surface area contributed by atoms with Gasteiger partial charge in [0.2, 0.25) is 0 Å². The van der Waals surface area contributed by atoms with Gasteiger partial charge < -0.3 is 14.6 Å². The summed E-state index contributed by atoms with van der Waals surface area (Å²) in [5.41, 5.74) is 2.55. The Hall–Kier alpha value is -1.69. The summed E-state index contributed by atoms with van der Waals surface area (Å²) in [7, 11) is 0. The fraction of sp³-hybridized carbons (Fsp3) is 0.471. The van der Waals surface area contributed by atoms with E-state index in [0.717, 1.165) is 52.5 Å². The Bertz CT molecular complexity index is 549. The molecule has 0 atom stereocenters. The number of aromatic nitrogens is 2. The maximum atomic E-state index is 5.39. The van der Waals surface area contributed by atoms with Gasteiger partial charge in [0, 0.05) is 63.6 Å². The van der Waals surface area contributed by atoms with Gasteiger partial charge >= 0.3 is 0 Å². The van der Waals surface area contributed by atoms with Crippen LogP contribution < -0.4 is 5.32 Å². The molecule has 0 saturated carbocycles. The smallest absolute Gasteiger partial charge is 0.0594 e. The molecule has 0 aliphatic carbocycles. The summed E-state index contributed by atoms with van der Waals surface area (Å²) in [5.74, 6) is 0. The summed E-state index contributed by atoms with van der Waals surface area (Å²) in [6, 6.07) is 8.38. The van der Waals surface area contributed by atoms with Crippen molar-refractivity contribution in [3.05, 3.63) is 54.1 Å². The third-order valence-corrected chi connectivity index (χ3v) is 4.04. The molecule has 1 N–H and O–H groups in total. The van der Waals surface area contributed by atoms with Crippen molar-refractivity contribution in [1.29, 1.82) is 0 Å². The highest BCUT2D eigenvalue weighted by Gasteiger charge is 2.10. The third-order valence-electron chi connectivity index (χ3n) is 4.04. The second kappa shape index (κ2) is 8.08. The molecule has 0 bridgehead atoms. The predicted molar refractivity (Wildman–Crippen MR) is 86.5 cm³/mol. The average molecular weight is 300 g/mol. The second-order valence-corrected chi connectivity index (χ2v) is 5.61. The zero-order valence-corrected chi connectivity index (χ0v) is 12.9. The summed E-state index contributed by atoms with van der Waals surface area (Å²) in [6.45, 7) is 7.69. The molecule has 1 saturated heterocycles. The second-order valence-electron chi connectivity index (χ2n) is 5.61. The van der Waals surface area contributed by atoms with E-state index in [4.69, 9.17) is 4.74 Å². The van der Waals surface area contributed by atoms with Crippen LogP contribution in [0.4, 0.5) is 0 Å². The van der Waals surface area contributed by atoms with Crippen LogP contribution in [0.3, 0.4) is 0 Å². The summed E-state index contributed by atoms with van der Waals surface area (Å²) in [4.78, 5) is 6.61. The lowest BCUT2D eigenvalue weighted by molar-refractivity contribution is 0.0363. The van der Waals surface area contributed by atoms with Gasteiger partial charge in [-0.05, 0) is 23.8 Å². The maximum Gasteiger partial charge on any atom is 0.0594 e. The number of hydrogen-bond acceptors (Lipinski definition) is 4. The minimum absolute atomic E-state index is 0.850. The predicted octanol–water partition coefficient (Wildman–Crippen LogP) is 1.51. The topological polar surface area (TPSA) is 42.3 Å². The fourth-order valence-corrected chi connectivity index (χ4v) is 2.74. The van der Waals surface area contributed by atoms with E-state index in [1.807, 2.05) is 12.3 Å². The Kier molecular flexibility index (Phi) is 5.59. The maximum absolute atomic E-state index is 5.39. The molecule has 0 amide bonds. The van der Waals surface area contributed by atoms with Crippen molar-refractivity contribution in [1.82, 2.24) is 19.8 Å². The van der Waals surface area contributed by atoms with Crippen LogP contribution in [-0.4, -0.2) is 47.3 Å². The average Bonchev–Trinajstić information content (AvgIpc) is 3.02. The minimum Gasteiger partial charge on any atom is -0.379 e. The number of rotatable bonds is 7. The van der Waals surface area contributed by atoms with Crippen molar-refractivity contribution >= 4 is 0 Å². The molecular formula is C17H24N4O. The zero-order valence-electron chi connectivity index (χ0n) is 12.9. The zero-order chi connectivity index (χ0) is 15.0. The Morgan fingerprint density at radius 1 is 1.09 bits per heavy atom. The lowest BCUT2D eigenvalue weighted by atomic mass is 10.3. The van der Waals surface area contributed by atoms with Crippen molar-refractivity contribution in [2.45, 2.75) is 19.6 Å². The number of ether oxygens (including phenoxy) is 1. The lowest BCUT2D eigenvalue weighted by Crippen LogP contribution is -2.38. The Morgan fingerprint density at radius 3 is 2.82 bits per heavy atom. The van der Waals surface area contributed by atoms with Gasteiger partial charge in [0.15, 0.2) is 0 Å². The molecule has 5 heteroatoms. The van der Waals surface area contributed by atoms with Gasteiger partial charge in [-0.25, -0.2) is 0 Å². The molecule has 0 unspecified atom stereocenters. The molecule has 1 aliphatic rings. The molecule has 5 nitrogen and oxygen atoms in total. The van der Waals surface area contributed by atoms with E-state index >= 15 is 0 Å². The first kappa shape index (κ1) is 15.2. The molecule has 1 aliphatic heterocycles. The molecule has 0 aromatic carbocycles. The number of nitrogens with one attached hydrogen (secondary N) is 1. The standard InChI is InChI=1S/C17H24N4O/c1-3-16(13-18-5-1)14-19-15-17-4-2-6-21(17)8-7-20-9-11-22-12-10-20/h1-6,13,19H,7-12,14-15H2. The van der Waals surface area contributed by atoms with E-state index in [1.165, 1.54) is 11.3 Å². The van der Waals surface area contributed by atoms with Crippen molar-refractivity contribution in [3.8, 4) is 0 Å². The Labute approximate surface area is 131 Å². The van der Waals surface area contributed by atoms with Gasteiger partial charge in [0.25, 0.3) is 0 Å². The summed E-state index contributed by atoms with van der Waals surface area (Å²) >= 11 is 0. The van der Waals surface area contributed by atoms with Gasteiger partial charge in [-0.2, -0.15) is 0 Å². The van der Waals surface area contributed by atoms with Crippen LogP contribution in [0.2, 0.25) is 0 Å². The molecular weight excluding hydrogens is 276 g/mol. The highest BCUT2D eigenvalue weighted by molar-refractivity contribution is 5.10. The van der Waals surface area contributed by atoms with Gasteiger partial charge in [-0.3, -0.25) is 9.88 Å². The van der Waals surface area contributed by atoms with Gasteiger partial charge in [0.05, 0.1) is 13.2 Å². The van der Waals surface area contributed by atoms with Crippen LogP contribution in [0.1, 0.15) is 11.3 Å². The molecule has 2 aromatic rings. The van der Waals surface area contributed by atoms with Gasteiger partial charge in [0.1, 0.15) is 0 Å². The third kappa shape index (κ3) is 4.40. The molecule has 0 spiro atoms. The van der Waals surface area contributed by atoms with Crippen molar-refractivity contribution in [2.24, 2.45) is 0 Å². The molecule has 1 fully saturated rings. The number of pyridine rings is 1. The highest BCUT2D eigenvalue weighted by atomic mass is 16.5. The van der Waals surface area contributed by atoms with Crippen LogP contribution in [0.15, 0.2) is 42.9 Å². The normalized spacial score (nSPS) is 16.0. The molecule has 118 valence electrons. The quantitative estimate of drug-likeness (QED) is 0.841. The first-order valence-electron chi connectivity index (χ1n) is 7.95. The minimum atomic E-state index is 0.850. The fourth-order valence-electron chi connectivity index (χ4n) is 2.74. The molecule has 2 aromatic heterocycles. The van der Waals surface area contributed by atoms with Crippen LogP contribution in [0.5, 0.6) is 0 Å². The van der Waals surface area contributed by atoms with Crippen LogP contribution in [0.25, 0.3) is 0 Å². The van der Waals surface area contributed by atoms with Crippen LogP contribution in [-0.2, 0) is 24.4 Å². The molecule has 3 heterocycles. The van der Waals surface area contributed by atoms with E-state index in [-0.39, 0.29) is 0 Å². The first-order chi connectivity index (χ1) is 10.9. The molecule has 22 heavy (non-hydrogen) atoms. The number of morpholine rings is 1. The van der Waals surface area contributed by atoms with Gasteiger partial charge in [-0.15, -0.1) is 0 Å². The number of nitrogens with zero attached hydrogens (tertiary/aromatic N) is 3.